The number of nitrogens with one attached hydrogen (secondary N) is 2. The number of rotatable bonds is 2. The van der Waals surface area contributed by atoms with E-state index < -0.39 is 11.8 Å². The first-order valence-corrected chi connectivity index (χ1v) is 5.12. The molecule has 0 unspecified atom stereocenters. The Morgan fingerprint density at radius 1 is 1.17 bits per heavy atom. The highest BCUT2D eigenvalue weighted by Crippen LogP contribution is 2.07. The number of hydrogen-bond acceptors (Lipinski definition) is 5. The van der Waals surface area contributed by atoms with Crippen molar-refractivity contribution in [2.45, 2.75) is 6.92 Å². The molecule has 0 atom stereocenters. The Labute approximate surface area is 102 Å². The molecule has 2 rings (SSSR count). The molecule has 2 aromatic heterocycles. The predicted octanol–water partition coefficient (Wildman–Crippen LogP) is 0.955. The average Bonchev–Trinajstić information content (AvgIpc) is 2.76. The molecule has 7 nitrogen and oxygen atoms in total. The smallest absolute Gasteiger partial charge is 0.315 e. The second-order valence-corrected chi connectivity index (χ2v) is 3.45. The van der Waals surface area contributed by atoms with E-state index >= 15 is 0 Å². The van der Waals surface area contributed by atoms with Crippen LogP contribution in [0.3, 0.4) is 0 Å². The van der Waals surface area contributed by atoms with Crippen LogP contribution in [0, 0.1) is 6.92 Å². The molecule has 0 saturated heterocycles. The molecule has 0 aliphatic carbocycles. The van der Waals surface area contributed by atoms with E-state index in [1.165, 1.54) is 12.3 Å². The van der Waals surface area contributed by atoms with Gasteiger partial charge in [-0.15, -0.1) is 0 Å². The number of aromatic nitrogens is 2. The molecule has 2 N–H and O–H groups in total. The standard InChI is InChI=1S/C11H10N4O3/c1-7-6-9(15-18-7)14-11(17)10(16)13-8-4-2-3-5-12-8/h2-6H,1H3,(H,12,13,16)(H,14,15,17). The van der Waals surface area contributed by atoms with Gasteiger partial charge in [-0.25, -0.2) is 4.98 Å². The number of carbonyl (C=O) groups is 2. The molecular weight excluding hydrogens is 236 g/mol. The topological polar surface area (TPSA) is 97.1 Å². The van der Waals surface area contributed by atoms with Crippen molar-refractivity contribution < 1.29 is 14.1 Å². The highest BCUT2D eigenvalue weighted by atomic mass is 16.5. The number of carbonyl (C=O) groups excluding carboxylic acids is 2. The lowest BCUT2D eigenvalue weighted by Gasteiger charge is -2.02. The van der Waals surface area contributed by atoms with E-state index in [2.05, 4.69) is 20.8 Å². The minimum Gasteiger partial charge on any atom is -0.360 e. The lowest BCUT2D eigenvalue weighted by molar-refractivity contribution is -0.133. The van der Waals surface area contributed by atoms with E-state index in [1.54, 1.807) is 25.1 Å². The maximum absolute atomic E-state index is 11.5. The van der Waals surface area contributed by atoms with Gasteiger partial charge in [0.15, 0.2) is 5.82 Å². The zero-order valence-electron chi connectivity index (χ0n) is 9.51. The van der Waals surface area contributed by atoms with Crippen molar-refractivity contribution in [3.05, 3.63) is 36.2 Å². The molecule has 2 aromatic rings. The van der Waals surface area contributed by atoms with Crippen LogP contribution >= 0.6 is 0 Å². The van der Waals surface area contributed by atoms with Crippen LogP contribution in [0.25, 0.3) is 0 Å². The first-order valence-electron chi connectivity index (χ1n) is 5.12. The predicted molar refractivity (Wildman–Crippen MR) is 62.7 cm³/mol. The maximum atomic E-state index is 11.5. The molecule has 2 heterocycles. The van der Waals surface area contributed by atoms with Gasteiger partial charge in [0.1, 0.15) is 11.6 Å². The summed E-state index contributed by atoms with van der Waals surface area (Å²) in [6.07, 6.45) is 1.51. The van der Waals surface area contributed by atoms with Gasteiger partial charge in [0.2, 0.25) is 0 Å². The van der Waals surface area contributed by atoms with Crippen molar-refractivity contribution in [2.24, 2.45) is 0 Å². The lowest BCUT2D eigenvalue weighted by Crippen LogP contribution is -2.29. The Balaban J connectivity index is 1.95. The van der Waals surface area contributed by atoms with Gasteiger partial charge in [0, 0.05) is 12.3 Å². The van der Waals surface area contributed by atoms with E-state index in [4.69, 9.17) is 4.52 Å². The first-order chi connectivity index (χ1) is 8.65. The summed E-state index contributed by atoms with van der Waals surface area (Å²) in [6.45, 7) is 1.68. The second kappa shape index (κ2) is 5.09. The van der Waals surface area contributed by atoms with E-state index in [9.17, 15) is 9.59 Å². The summed E-state index contributed by atoms with van der Waals surface area (Å²) in [5.41, 5.74) is 0. The number of amides is 2. The van der Waals surface area contributed by atoms with Crippen LogP contribution in [0.1, 0.15) is 5.76 Å². The van der Waals surface area contributed by atoms with Gasteiger partial charge in [-0.2, -0.15) is 0 Å². The summed E-state index contributed by atoms with van der Waals surface area (Å²) in [4.78, 5) is 26.9. The largest absolute Gasteiger partial charge is 0.360 e. The van der Waals surface area contributed by atoms with Crippen molar-refractivity contribution in [3.8, 4) is 0 Å². The Hall–Kier alpha value is -2.70. The molecule has 2 amide bonds. The Morgan fingerprint density at radius 3 is 2.44 bits per heavy atom. The number of pyridine rings is 1. The van der Waals surface area contributed by atoms with E-state index in [-0.39, 0.29) is 5.82 Å². The second-order valence-electron chi connectivity index (χ2n) is 3.45. The van der Waals surface area contributed by atoms with Crippen molar-refractivity contribution in [1.29, 1.82) is 0 Å². The van der Waals surface area contributed by atoms with Crippen molar-refractivity contribution in [1.82, 2.24) is 10.1 Å². The number of anilines is 2. The van der Waals surface area contributed by atoms with E-state index in [0.29, 0.717) is 11.6 Å². The molecular formula is C11H10N4O3. The van der Waals surface area contributed by atoms with Crippen LogP contribution in [0.2, 0.25) is 0 Å². The van der Waals surface area contributed by atoms with Crippen LogP contribution < -0.4 is 10.6 Å². The SMILES string of the molecule is Cc1cc(NC(=O)C(=O)Nc2ccccn2)no1. The molecule has 18 heavy (non-hydrogen) atoms. The molecule has 7 heteroatoms. The minimum absolute atomic E-state index is 0.189. The van der Waals surface area contributed by atoms with Crippen LogP contribution in [0.15, 0.2) is 35.0 Å². The first kappa shape index (κ1) is 11.8. The zero-order chi connectivity index (χ0) is 13.0. The Kier molecular flexibility index (Phi) is 3.33. The van der Waals surface area contributed by atoms with Gasteiger partial charge in [0.05, 0.1) is 0 Å². The van der Waals surface area contributed by atoms with Crippen molar-refractivity contribution >= 4 is 23.5 Å². The summed E-state index contributed by atoms with van der Waals surface area (Å²) in [5, 5.41) is 8.19. The van der Waals surface area contributed by atoms with Gasteiger partial charge < -0.3 is 9.84 Å². The monoisotopic (exact) mass is 246 g/mol. The molecule has 0 radical (unpaired) electrons. The van der Waals surface area contributed by atoms with Crippen LogP contribution in [-0.4, -0.2) is 22.0 Å². The fourth-order valence-electron chi connectivity index (χ4n) is 1.21. The summed E-state index contributed by atoms with van der Waals surface area (Å²) < 4.78 is 4.75. The van der Waals surface area contributed by atoms with Crippen LogP contribution in [-0.2, 0) is 9.59 Å². The molecule has 0 aromatic carbocycles. The average molecular weight is 246 g/mol. The highest BCUT2D eigenvalue weighted by molar-refractivity contribution is 6.43. The fourth-order valence-corrected chi connectivity index (χ4v) is 1.21. The number of nitrogens with zero attached hydrogens (tertiary/aromatic N) is 2. The highest BCUT2D eigenvalue weighted by Gasteiger charge is 2.15. The maximum Gasteiger partial charge on any atom is 0.315 e. The molecule has 0 aliphatic heterocycles. The van der Waals surface area contributed by atoms with E-state index in [1.807, 2.05) is 0 Å². The minimum atomic E-state index is -0.839. The molecule has 0 aliphatic rings. The zero-order valence-corrected chi connectivity index (χ0v) is 9.51. The normalized spacial score (nSPS) is 9.83. The van der Waals surface area contributed by atoms with Gasteiger partial charge in [-0.1, -0.05) is 11.2 Å². The summed E-state index contributed by atoms with van der Waals surface area (Å²) >= 11 is 0. The summed E-state index contributed by atoms with van der Waals surface area (Å²) in [7, 11) is 0. The quantitative estimate of drug-likeness (QED) is 0.769. The van der Waals surface area contributed by atoms with Gasteiger partial charge in [-0.05, 0) is 19.1 Å². The third-order valence-corrected chi connectivity index (χ3v) is 1.98. The molecule has 0 saturated carbocycles. The lowest BCUT2D eigenvalue weighted by atomic mass is 10.4. The number of hydrogen-bond donors (Lipinski definition) is 2. The molecule has 92 valence electrons. The Bertz CT molecular complexity index is 565. The third kappa shape index (κ3) is 2.91. The van der Waals surface area contributed by atoms with Crippen molar-refractivity contribution in [2.75, 3.05) is 10.6 Å². The van der Waals surface area contributed by atoms with Crippen LogP contribution in [0.4, 0.5) is 11.6 Å². The molecule has 0 bridgehead atoms. The van der Waals surface area contributed by atoms with Gasteiger partial charge in [-0.3, -0.25) is 14.9 Å². The molecule has 0 spiro atoms. The fraction of sp³-hybridized carbons (Fsp3) is 0.0909. The third-order valence-electron chi connectivity index (χ3n) is 1.98. The summed E-state index contributed by atoms with van der Waals surface area (Å²) in [6, 6.07) is 6.48. The molecule has 0 fully saturated rings. The summed E-state index contributed by atoms with van der Waals surface area (Å²) in [5.74, 6) is -0.638. The van der Waals surface area contributed by atoms with E-state index in [0.717, 1.165) is 0 Å². The van der Waals surface area contributed by atoms with Gasteiger partial charge in [0.25, 0.3) is 0 Å². The van der Waals surface area contributed by atoms with Gasteiger partial charge >= 0.3 is 11.8 Å². The Morgan fingerprint density at radius 2 is 1.89 bits per heavy atom. The number of aryl methyl sites for hydroxylation is 1. The van der Waals surface area contributed by atoms with Crippen molar-refractivity contribution in [3.63, 3.8) is 0 Å². The van der Waals surface area contributed by atoms with Crippen LogP contribution in [0.5, 0.6) is 0 Å².